The van der Waals surface area contributed by atoms with E-state index in [0.717, 1.165) is 53.8 Å². The first-order valence-corrected chi connectivity index (χ1v) is 12.6. The average Bonchev–Trinajstić information content (AvgIpc) is 3.45. The Morgan fingerprint density at radius 2 is 0.973 bits per heavy atom. The van der Waals surface area contributed by atoms with Crippen LogP contribution in [0.5, 0.6) is 0 Å². The molecular weight excluding hydrogens is 520 g/mol. The number of aromatic nitrogens is 2. The third kappa shape index (κ3) is 3.05. The van der Waals surface area contributed by atoms with Crippen molar-refractivity contribution in [3.05, 3.63) is 119 Å². The van der Waals surface area contributed by atoms with Gasteiger partial charge >= 0.3 is 0 Å². The van der Waals surface area contributed by atoms with Crippen molar-refractivity contribution in [2.75, 3.05) is 0 Å². The van der Waals surface area contributed by atoms with Crippen molar-refractivity contribution in [1.29, 1.82) is 10.5 Å². The molecule has 0 saturated carbocycles. The van der Waals surface area contributed by atoms with Gasteiger partial charge in [0.2, 0.25) is 0 Å². The van der Waals surface area contributed by atoms with Crippen molar-refractivity contribution < 1.29 is 0 Å². The molecule has 0 unspecified atom stereocenters. The highest BCUT2D eigenvalue weighted by Crippen LogP contribution is 2.38. The van der Waals surface area contributed by atoms with Crippen molar-refractivity contribution >= 4 is 59.5 Å². The summed E-state index contributed by atoms with van der Waals surface area (Å²) in [7, 11) is 0. The lowest BCUT2D eigenvalue weighted by Crippen LogP contribution is -2.04. The van der Waals surface area contributed by atoms with E-state index in [1.54, 1.807) is 0 Å². The Kier molecular flexibility index (Phi) is 4.69. The predicted octanol–water partition coefficient (Wildman–Crippen LogP) is 8.39. The average molecular weight is 537 g/mol. The Bertz CT molecular complexity index is 2040. The van der Waals surface area contributed by atoms with Gasteiger partial charge in [0, 0.05) is 31.7 Å². The molecule has 0 radical (unpaired) electrons. The first-order chi connectivity index (χ1) is 18.2. The van der Waals surface area contributed by atoms with Gasteiger partial charge < -0.3 is 9.13 Å². The lowest BCUT2D eigenvalue weighted by Gasteiger charge is -2.15. The summed E-state index contributed by atoms with van der Waals surface area (Å²) in [5.41, 5.74) is 6.25. The molecule has 5 heteroatoms. The van der Waals surface area contributed by atoms with Gasteiger partial charge in [-0.15, -0.1) is 0 Å². The molecule has 0 N–H and O–H groups in total. The van der Waals surface area contributed by atoms with Crippen molar-refractivity contribution in [1.82, 2.24) is 9.13 Å². The highest BCUT2D eigenvalue weighted by atomic mass is 79.9. The number of rotatable bonds is 2. The lowest BCUT2D eigenvalue weighted by atomic mass is 10.1. The Hall–Kier alpha value is -4.84. The normalized spacial score (nSPS) is 11.3. The number of halogens is 1. The van der Waals surface area contributed by atoms with Crippen LogP contribution >= 0.6 is 15.9 Å². The zero-order valence-electron chi connectivity index (χ0n) is 19.5. The van der Waals surface area contributed by atoms with Crippen molar-refractivity contribution in [3.8, 4) is 23.5 Å². The number of para-hydroxylation sites is 3. The third-order valence-corrected chi connectivity index (χ3v) is 7.53. The monoisotopic (exact) mass is 536 g/mol. The minimum absolute atomic E-state index is 0.446. The summed E-state index contributed by atoms with van der Waals surface area (Å²) in [6.07, 6.45) is 0. The molecule has 2 aromatic heterocycles. The van der Waals surface area contributed by atoms with Gasteiger partial charge in [-0.2, -0.15) is 10.5 Å². The molecule has 0 aliphatic carbocycles. The quantitative estimate of drug-likeness (QED) is 0.222. The lowest BCUT2D eigenvalue weighted by molar-refractivity contribution is 1.12. The molecule has 0 bridgehead atoms. The van der Waals surface area contributed by atoms with E-state index in [2.05, 4.69) is 69.0 Å². The Balaban J connectivity index is 1.60. The molecule has 0 atom stereocenters. The highest BCUT2D eigenvalue weighted by Gasteiger charge is 2.21. The molecule has 0 aliphatic heterocycles. The molecule has 37 heavy (non-hydrogen) atoms. The zero-order chi connectivity index (χ0) is 25.1. The van der Waals surface area contributed by atoms with Crippen molar-refractivity contribution in [3.63, 3.8) is 0 Å². The molecular formula is C32H17BrN4. The fourth-order valence-corrected chi connectivity index (χ4v) is 5.91. The van der Waals surface area contributed by atoms with E-state index in [4.69, 9.17) is 0 Å². The first kappa shape index (κ1) is 21.4. The van der Waals surface area contributed by atoms with Gasteiger partial charge in [-0.05, 0) is 48.5 Å². The molecule has 7 rings (SSSR count). The predicted molar refractivity (Wildman–Crippen MR) is 152 cm³/mol. The Morgan fingerprint density at radius 1 is 0.514 bits per heavy atom. The summed E-state index contributed by atoms with van der Waals surface area (Å²) in [5.74, 6) is 0. The van der Waals surface area contributed by atoms with Gasteiger partial charge in [0.15, 0.2) is 0 Å². The molecule has 7 aromatic rings. The van der Waals surface area contributed by atoms with Gasteiger partial charge in [-0.1, -0.05) is 70.5 Å². The van der Waals surface area contributed by atoms with Crippen LogP contribution in [0.2, 0.25) is 0 Å². The van der Waals surface area contributed by atoms with Gasteiger partial charge in [0.1, 0.15) is 12.1 Å². The van der Waals surface area contributed by atoms with Crippen LogP contribution in [0.15, 0.2) is 108 Å². The molecule has 5 aromatic carbocycles. The summed E-state index contributed by atoms with van der Waals surface area (Å²) < 4.78 is 5.16. The van der Waals surface area contributed by atoms with Gasteiger partial charge in [-0.3, -0.25) is 0 Å². The largest absolute Gasteiger partial charge is 0.309 e. The van der Waals surface area contributed by atoms with Gasteiger partial charge in [0.05, 0.1) is 38.9 Å². The maximum absolute atomic E-state index is 10.4. The minimum atomic E-state index is 0.446. The van der Waals surface area contributed by atoms with Crippen LogP contribution in [0.4, 0.5) is 0 Å². The summed E-state index contributed by atoms with van der Waals surface area (Å²) in [6.45, 7) is 0. The number of nitrogens with zero attached hydrogens (tertiary/aromatic N) is 4. The topological polar surface area (TPSA) is 57.4 Å². The summed E-state index contributed by atoms with van der Waals surface area (Å²) in [4.78, 5) is 0. The second kappa shape index (κ2) is 8.10. The van der Waals surface area contributed by atoms with E-state index in [-0.39, 0.29) is 0 Å². The van der Waals surface area contributed by atoms with Crippen LogP contribution in [0, 0.1) is 22.7 Å². The Morgan fingerprint density at radius 3 is 1.51 bits per heavy atom. The van der Waals surface area contributed by atoms with Crippen molar-refractivity contribution in [2.24, 2.45) is 0 Å². The Labute approximate surface area is 220 Å². The smallest absolute Gasteiger partial charge is 0.101 e. The molecule has 0 fully saturated rings. The van der Waals surface area contributed by atoms with E-state index in [0.29, 0.717) is 16.8 Å². The molecule has 172 valence electrons. The fourth-order valence-electron chi connectivity index (χ4n) is 5.55. The van der Waals surface area contributed by atoms with Crippen LogP contribution in [-0.4, -0.2) is 9.13 Å². The van der Waals surface area contributed by atoms with E-state index in [9.17, 15) is 10.5 Å². The van der Waals surface area contributed by atoms with Crippen LogP contribution < -0.4 is 0 Å². The maximum Gasteiger partial charge on any atom is 0.101 e. The first-order valence-electron chi connectivity index (χ1n) is 11.9. The van der Waals surface area contributed by atoms with E-state index >= 15 is 0 Å². The van der Waals surface area contributed by atoms with Crippen LogP contribution in [0.25, 0.3) is 55.0 Å². The number of fused-ring (bicyclic) bond motifs is 6. The summed E-state index contributed by atoms with van der Waals surface area (Å²) in [6, 6.07) is 39.3. The van der Waals surface area contributed by atoms with Crippen LogP contribution in [0.1, 0.15) is 11.1 Å². The number of hydrogen-bond donors (Lipinski definition) is 0. The second-order valence-electron chi connectivity index (χ2n) is 9.00. The molecule has 0 saturated heterocycles. The number of benzene rings is 5. The summed E-state index contributed by atoms with van der Waals surface area (Å²) >= 11 is 3.59. The maximum atomic E-state index is 10.4. The van der Waals surface area contributed by atoms with E-state index in [1.807, 2.05) is 71.3 Å². The zero-order valence-corrected chi connectivity index (χ0v) is 21.1. The molecule has 0 spiro atoms. The second-order valence-corrected chi connectivity index (χ2v) is 9.91. The number of nitriles is 2. The van der Waals surface area contributed by atoms with E-state index < -0.39 is 0 Å². The van der Waals surface area contributed by atoms with Gasteiger partial charge in [-0.25, -0.2) is 0 Å². The van der Waals surface area contributed by atoms with Crippen LogP contribution in [-0.2, 0) is 0 Å². The van der Waals surface area contributed by atoms with E-state index in [1.165, 1.54) is 0 Å². The molecule has 0 aliphatic rings. The standard InChI is InChI=1S/C32H17BrN4/c33-22-13-14-31-27(17-22)26-9-3-6-12-30(26)37(31)32-20(18-34)15-23(16-21(32)19-35)36-28-10-4-1-7-24(28)25-8-2-5-11-29(25)36/h1-17H. The van der Waals surface area contributed by atoms with Gasteiger partial charge in [0.25, 0.3) is 0 Å². The fraction of sp³-hybridized carbons (Fsp3) is 0. The van der Waals surface area contributed by atoms with Crippen LogP contribution in [0.3, 0.4) is 0 Å². The highest BCUT2D eigenvalue weighted by molar-refractivity contribution is 9.10. The molecule has 0 amide bonds. The third-order valence-electron chi connectivity index (χ3n) is 7.03. The number of hydrogen-bond acceptors (Lipinski definition) is 2. The molecule has 2 heterocycles. The molecule has 4 nitrogen and oxygen atoms in total. The van der Waals surface area contributed by atoms with Crippen molar-refractivity contribution in [2.45, 2.75) is 0 Å². The summed E-state index contributed by atoms with van der Waals surface area (Å²) in [5, 5.41) is 25.2. The SMILES string of the molecule is N#Cc1cc(-n2c3ccccc3c3ccccc32)cc(C#N)c1-n1c2ccccc2c2cc(Br)ccc21. The minimum Gasteiger partial charge on any atom is -0.309 e.